The lowest BCUT2D eigenvalue weighted by atomic mass is 10.2. The highest BCUT2D eigenvalue weighted by molar-refractivity contribution is 14.0. The summed E-state index contributed by atoms with van der Waals surface area (Å²) in [6.45, 7) is 5.99. The Bertz CT molecular complexity index is 883. The number of guanidine groups is 1. The van der Waals surface area contributed by atoms with E-state index in [1.165, 1.54) is 12.8 Å². The quantitative estimate of drug-likeness (QED) is 0.201. The first kappa shape index (κ1) is 25.7. The zero-order valence-electron chi connectivity index (χ0n) is 18.0. The first-order valence-corrected chi connectivity index (χ1v) is 12.3. The van der Waals surface area contributed by atoms with Crippen LogP contribution in [-0.4, -0.2) is 57.8 Å². The van der Waals surface area contributed by atoms with Crippen molar-refractivity contribution in [2.45, 2.75) is 37.1 Å². The number of rotatable bonds is 10. The molecule has 0 spiro atoms. The summed E-state index contributed by atoms with van der Waals surface area (Å²) >= 11 is 0. The molecule has 2 N–H and O–H groups in total. The number of aliphatic imine (C=N–C) groups is 1. The van der Waals surface area contributed by atoms with Crippen molar-refractivity contribution in [1.29, 1.82) is 0 Å². The number of hydrogen-bond donors (Lipinski definition) is 2. The molecule has 0 aliphatic carbocycles. The van der Waals surface area contributed by atoms with Crippen LogP contribution in [0.1, 0.15) is 38.0 Å². The Morgan fingerprint density at radius 2 is 1.87 bits per heavy atom. The van der Waals surface area contributed by atoms with Crippen molar-refractivity contribution in [2.75, 3.05) is 38.5 Å². The first-order chi connectivity index (χ1) is 14.6. The molecule has 0 saturated carbocycles. The van der Waals surface area contributed by atoms with Gasteiger partial charge in [-0.1, -0.05) is 18.2 Å². The second kappa shape index (κ2) is 13.1. The van der Waals surface area contributed by atoms with E-state index in [0.717, 1.165) is 25.4 Å². The number of sulfone groups is 1. The molecule has 1 saturated heterocycles. The van der Waals surface area contributed by atoms with E-state index in [2.05, 4.69) is 15.5 Å². The predicted molar refractivity (Wildman–Crippen MR) is 135 cm³/mol. The third-order valence-corrected chi connectivity index (χ3v) is 7.02. The van der Waals surface area contributed by atoms with Gasteiger partial charge < -0.3 is 15.1 Å². The van der Waals surface area contributed by atoms with Crippen molar-refractivity contribution < 1.29 is 12.8 Å². The van der Waals surface area contributed by atoms with Crippen LogP contribution in [0.3, 0.4) is 0 Å². The summed E-state index contributed by atoms with van der Waals surface area (Å²) in [5.74, 6) is 1.74. The number of benzene rings is 1. The minimum atomic E-state index is -3.26. The number of likely N-dealkylation sites (tertiary alicyclic amines) is 1. The summed E-state index contributed by atoms with van der Waals surface area (Å²) in [5, 5.41) is 6.50. The molecule has 1 aliphatic heterocycles. The van der Waals surface area contributed by atoms with Crippen molar-refractivity contribution in [3.8, 4) is 0 Å². The average molecular weight is 561 g/mol. The van der Waals surface area contributed by atoms with E-state index >= 15 is 0 Å². The van der Waals surface area contributed by atoms with Gasteiger partial charge in [0, 0.05) is 13.1 Å². The Labute approximate surface area is 202 Å². The molecule has 1 atom stereocenters. The molecule has 3 rings (SSSR count). The number of halogens is 1. The van der Waals surface area contributed by atoms with E-state index in [1.807, 2.05) is 25.1 Å². The predicted octanol–water partition coefficient (Wildman–Crippen LogP) is 3.45. The summed E-state index contributed by atoms with van der Waals surface area (Å²) < 4.78 is 30.5. The van der Waals surface area contributed by atoms with Crippen LogP contribution in [0.15, 0.2) is 63.0 Å². The zero-order chi connectivity index (χ0) is 21.2. The lowest BCUT2D eigenvalue weighted by molar-refractivity contribution is 0.221. The maximum absolute atomic E-state index is 12.4. The molecule has 31 heavy (non-hydrogen) atoms. The van der Waals surface area contributed by atoms with Gasteiger partial charge in [0.15, 0.2) is 15.8 Å². The summed E-state index contributed by atoms with van der Waals surface area (Å²) in [5.41, 5.74) is 0. The summed E-state index contributed by atoms with van der Waals surface area (Å²) in [4.78, 5) is 7.54. The van der Waals surface area contributed by atoms with Crippen molar-refractivity contribution in [3.05, 3.63) is 54.5 Å². The van der Waals surface area contributed by atoms with Gasteiger partial charge >= 0.3 is 0 Å². The highest BCUT2D eigenvalue weighted by atomic mass is 127. The molecule has 0 radical (unpaired) electrons. The molecule has 2 heterocycles. The van der Waals surface area contributed by atoms with Gasteiger partial charge in [0.1, 0.15) is 5.76 Å². The van der Waals surface area contributed by atoms with Crippen LogP contribution < -0.4 is 10.6 Å². The van der Waals surface area contributed by atoms with Gasteiger partial charge in [-0.2, -0.15) is 0 Å². The van der Waals surface area contributed by atoms with E-state index in [4.69, 9.17) is 9.41 Å². The van der Waals surface area contributed by atoms with E-state index in [0.29, 0.717) is 30.4 Å². The third-order valence-electron chi connectivity index (χ3n) is 5.20. The minimum absolute atomic E-state index is 0. The van der Waals surface area contributed by atoms with Crippen LogP contribution in [0.25, 0.3) is 0 Å². The summed E-state index contributed by atoms with van der Waals surface area (Å²) in [6.07, 6.45) is 4.62. The molecule has 1 unspecified atom stereocenters. The van der Waals surface area contributed by atoms with Gasteiger partial charge in [-0.25, -0.2) is 8.42 Å². The van der Waals surface area contributed by atoms with Crippen LogP contribution >= 0.6 is 24.0 Å². The van der Waals surface area contributed by atoms with Crippen LogP contribution in [-0.2, 0) is 9.84 Å². The molecule has 1 aliphatic rings. The van der Waals surface area contributed by atoms with Crippen LogP contribution in [0, 0.1) is 0 Å². The fourth-order valence-electron chi connectivity index (χ4n) is 3.65. The van der Waals surface area contributed by atoms with Crippen LogP contribution in [0.5, 0.6) is 0 Å². The van der Waals surface area contributed by atoms with Gasteiger partial charge in [0.05, 0.1) is 29.5 Å². The van der Waals surface area contributed by atoms with Crippen molar-refractivity contribution in [2.24, 2.45) is 4.99 Å². The lowest BCUT2D eigenvalue weighted by Gasteiger charge is -2.24. The third kappa shape index (κ3) is 7.80. The van der Waals surface area contributed by atoms with Crippen LogP contribution in [0.4, 0.5) is 0 Å². The Morgan fingerprint density at radius 3 is 2.52 bits per heavy atom. The van der Waals surface area contributed by atoms with E-state index in [-0.39, 0.29) is 35.8 Å². The number of nitrogens with one attached hydrogen (secondary N) is 2. The summed E-state index contributed by atoms with van der Waals surface area (Å²) in [7, 11) is -3.26. The van der Waals surface area contributed by atoms with Gasteiger partial charge in [0.2, 0.25) is 0 Å². The zero-order valence-corrected chi connectivity index (χ0v) is 21.1. The Balaban J connectivity index is 0.00000341. The van der Waals surface area contributed by atoms with Gasteiger partial charge in [-0.15, -0.1) is 24.0 Å². The largest absolute Gasteiger partial charge is 0.468 e. The normalized spacial score (nSPS) is 16.0. The molecule has 2 aromatic rings. The highest BCUT2D eigenvalue weighted by Gasteiger charge is 2.25. The molecule has 1 aromatic carbocycles. The SMILES string of the molecule is CCNC(=NCC(c1ccco1)N1CCCC1)NCCCS(=O)(=O)c1ccccc1.I. The molecule has 0 bridgehead atoms. The van der Waals surface area contributed by atoms with E-state index < -0.39 is 9.84 Å². The molecule has 0 amide bonds. The summed E-state index contributed by atoms with van der Waals surface area (Å²) in [6, 6.07) is 12.6. The fourth-order valence-corrected chi connectivity index (χ4v) is 4.99. The topological polar surface area (TPSA) is 86.9 Å². The molecular weight excluding hydrogens is 527 g/mol. The number of nitrogens with zero attached hydrogens (tertiary/aromatic N) is 2. The molecular formula is C22H33IN4O3S. The first-order valence-electron chi connectivity index (χ1n) is 10.7. The standard InChI is InChI=1S/C22H32N4O3S.HI/c1-2-23-22(24-13-9-17-30(27,28)19-10-4-3-5-11-19)25-18-20(21-12-8-16-29-21)26-14-6-7-15-26;/h3-5,8,10-12,16,20H,2,6-7,9,13-15,17-18H2,1H3,(H2,23,24,25);1H. The maximum atomic E-state index is 12.4. The van der Waals surface area contributed by atoms with Gasteiger partial charge in [-0.05, 0) is 63.5 Å². The van der Waals surface area contributed by atoms with E-state index in [1.54, 1.807) is 30.5 Å². The molecule has 7 nitrogen and oxygen atoms in total. The fraction of sp³-hybridized carbons (Fsp3) is 0.500. The Kier molecular flexibility index (Phi) is 10.8. The maximum Gasteiger partial charge on any atom is 0.191 e. The highest BCUT2D eigenvalue weighted by Crippen LogP contribution is 2.25. The average Bonchev–Trinajstić information content (AvgIpc) is 3.47. The van der Waals surface area contributed by atoms with E-state index in [9.17, 15) is 8.42 Å². The van der Waals surface area contributed by atoms with Crippen molar-refractivity contribution >= 4 is 39.8 Å². The Morgan fingerprint density at radius 1 is 1.13 bits per heavy atom. The van der Waals surface area contributed by atoms with Gasteiger partial charge in [0.25, 0.3) is 0 Å². The van der Waals surface area contributed by atoms with Gasteiger partial charge in [-0.3, -0.25) is 9.89 Å². The second-order valence-electron chi connectivity index (χ2n) is 7.41. The van der Waals surface area contributed by atoms with Crippen LogP contribution in [0.2, 0.25) is 0 Å². The van der Waals surface area contributed by atoms with Crippen molar-refractivity contribution in [1.82, 2.24) is 15.5 Å². The lowest BCUT2D eigenvalue weighted by Crippen LogP contribution is -2.39. The number of hydrogen-bond acceptors (Lipinski definition) is 5. The monoisotopic (exact) mass is 560 g/mol. The molecule has 9 heteroatoms. The smallest absolute Gasteiger partial charge is 0.191 e. The van der Waals surface area contributed by atoms with Crippen molar-refractivity contribution in [3.63, 3.8) is 0 Å². The molecule has 1 aromatic heterocycles. The molecule has 172 valence electrons. The minimum Gasteiger partial charge on any atom is -0.468 e. The Hall–Kier alpha value is -1.59. The number of furan rings is 1. The molecule has 1 fully saturated rings. The second-order valence-corrected chi connectivity index (χ2v) is 9.52.